The quantitative estimate of drug-likeness (QED) is 0.661. The van der Waals surface area contributed by atoms with Gasteiger partial charge in [-0.15, -0.1) is 0 Å². The van der Waals surface area contributed by atoms with Crippen LogP contribution in [0.2, 0.25) is 0 Å². The minimum atomic E-state index is 0.790. The monoisotopic (exact) mass is 272 g/mol. The first-order valence-electron chi connectivity index (χ1n) is 6.29. The van der Waals surface area contributed by atoms with Crippen molar-refractivity contribution in [2.24, 2.45) is 0 Å². The summed E-state index contributed by atoms with van der Waals surface area (Å²) in [4.78, 5) is 9.12. The summed E-state index contributed by atoms with van der Waals surface area (Å²) in [7, 11) is 0. The third-order valence-electron chi connectivity index (χ3n) is 3.15. The first-order chi connectivity index (χ1) is 9.36. The Balaban J connectivity index is 1.82. The molecule has 4 nitrogen and oxygen atoms in total. The van der Waals surface area contributed by atoms with E-state index in [-0.39, 0.29) is 0 Å². The third-order valence-corrected chi connectivity index (χ3v) is 3.70. The van der Waals surface area contributed by atoms with Crippen LogP contribution in [0.1, 0.15) is 16.8 Å². The molecule has 3 rings (SSSR count). The molecule has 2 N–H and O–H groups in total. The molecule has 0 unspecified atom stereocenters. The molecule has 1 aliphatic rings. The maximum atomic E-state index is 4.58. The summed E-state index contributed by atoms with van der Waals surface area (Å²) in [6, 6.07) is 10.4. The lowest BCUT2D eigenvalue weighted by molar-refractivity contribution is 0.754. The minimum absolute atomic E-state index is 0.790. The molecule has 0 bridgehead atoms. The van der Waals surface area contributed by atoms with Crippen molar-refractivity contribution < 1.29 is 0 Å². The van der Waals surface area contributed by atoms with Crippen molar-refractivity contribution in [3.8, 4) is 0 Å². The van der Waals surface area contributed by atoms with Crippen LogP contribution in [0.4, 0.5) is 5.82 Å². The molecule has 0 spiro atoms. The smallest absolute Gasteiger partial charge is 0.189 e. The second kappa shape index (κ2) is 5.59. The fourth-order valence-electron chi connectivity index (χ4n) is 2.16. The van der Waals surface area contributed by atoms with E-state index in [1.165, 1.54) is 11.1 Å². The average molecular weight is 272 g/mol. The number of nitrogens with one attached hydrogen (secondary N) is 2. The predicted octanol–water partition coefficient (Wildman–Crippen LogP) is 2.41. The van der Waals surface area contributed by atoms with Crippen molar-refractivity contribution in [2.75, 3.05) is 11.6 Å². The standard InChI is InChI=1S/C14H16N4S/c1-19-14-17-12-9-15-8-11(12)13(18-14)16-7-10-5-3-2-4-6-10/h2-6,15H,7-9H2,1H3,(H,16,17,18). The van der Waals surface area contributed by atoms with Crippen molar-refractivity contribution in [1.82, 2.24) is 15.3 Å². The van der Waals surface area contributed by atoms with Crippen LogP contribution in [0, 0.1) is 0 Å². The molecule has 2 heterocycles. The number of hydrogen-bond donors (Lipinski definition) is 2. The number of rotatable bonds is 4. The topological polar surface area (TPSA) is 49.8 Å². The van der Waals surface area contributed by atoms with Gasteiger partial charge in [0.1, 0.15) is 5.82 Å². The number of thioether (sulfide) groups is 1. The van der Waals surface area contributed by atoms with E-state index in [2.05, 4.69) is 44.9 Å². The van der Waals surface area contributed by atoms with Crippen molar-refractivity contribution in [3.05, 3.63) is 47.2 Å². The first kappa shape index (κ1) is 12.4. The third kappa shape index (κ3) is 2.72. The second-order valence-corrected chi connectivity index (χ2v) is 5.20. The van der Waals surface area contributed by atoms with E-state index in [1.54, 1.807) is 11.8 Å². The fraction of sp³-hybridized carbons (Fsp3) is 0.286. The Morgan fingerprint density at radius 1 is 1.21 bits per heavy atom. The Kier molecular flexibility index (Phi) is 3.66. The van der Waals surface area contributed by atoms with Gasteiger partial charge in [0, 0.05) is 25.2 Å². The summed E-state index contributed by atoms with van der Waals surface area (Å²) in [6.07, 6.45) is 2.01. The van der Waals surface area contributed by atoms with E-state index in [4.69, 9.17) is 0 Å². The molecule has 0 amide bonds. The number of benzene rings is 1. The van der Waals surface area contributed by atoms with Gasteiger partial charge in [0.25, 0.3) is 0 Å². The molecule has 0 atom stereocenters. The molecular formula is C14H16N4S. The molecule has 5 heteroatoms. The van der Waals surface area contributed by atoms with Crippen molar-refractivity contribution in [3.63, 3.8) is 0 Å². The molecule has 0 saturated carbocycles. The van der Waals surface area contributed by atoms with Crippen LogP contribution < -0.4 is 10.6 Å². The van der Waals surface area contributed by atoms with E-state index >= 15 is 0 Å². The number of fused-ring (bicyclic) bond motifs is 1. The molecule has 1 aromatic carbocycles. The van der Waals surface area contributed by atoms with E-state index in [0.717, 1.165) is 36.3 Å². The van der Waals surface area contributed by atoms with Gasteiger partial charge in [-0.3, -0.25) is 0 Å². The van der Waals surface area contributed by atoms with Gasteiger partial charge in [-0.2, -0.15) is 0 Å². The van der Waals surface area contributed by atoms with E-state index in [0.29, 0.717) is 0 Å². The van der Waals surface area contributed by atoms with Crippen LogP contribution >= 0.6 is 11.8 Å². The van der Waals surface area contributed by atoms with Gasteiger partial charge in [0.05, 0.1) is 5.69 Å². The number of aromatic nitrogens is 2. The van der Waals surface area contributed by atoms with E-state index in [9.17, 15) is 0 Å². The van der Waals surface area contributed by atoms with Gasteiger partial charge in [-0.1, -0.05) is 42.1 Å². The highest BCUT2D eigenvalue weighted by molar-refractivity contribution is 7.98. The van der Waals surface area contributed by atoms with Gasteiger partial charge >= 0.3 is 0 Å². The van der Waals surface area contributed by atoms with Gasteiger partial charge in [-0.25, -0.2) is 9.97 Å². The molecule has 0 aliphatic carbocycles. The molecule has 2 aromatic rings. The fourth-order valence-corrected chi connectivity index (χ4v) is 2.55. The maximum absolute atomic E-state index is 4.58. The summed E-state index contributed by atoms with van der Waals surface area (Å²) in [5.74, 6) is 0.961. The highest BCUT2D eigenvalue weighted by Gasteiger charge is 2.18. The largest absolute Gasteiger partial charge is 0.366 e. The number of nitrogens with zero attached hydrogens (tertiary/aromatic N) is 2. The van der Waals surface area contributed by atoms with Gasteiger partial charge in [0.2, 0.25) is 0 Å². The van der Waals surface area contributed by atoms with Crippen LogP contribution in [-0.2, 0) is 19.6 Å². The zero-order valence-electron chi connectivity index (χ0n) is 10.8. The summed E-state index contributed by atoms with van der Waals surface area (Å²) < 4.78 is 0. The Bertz CT molecular complexity index is 571. The SMILES string of the molecule is CSc1nc2c(c(NCc3ccccc3)n1)CNC2. The summed E-state index contributed by atoms with van der Waals surface area (Å²) >= 11 is 1.58. The lowest BCUT2D eigenvalue weighted by Crippen LogP contribution is -2.07. The Hall–Kier alpha value is -1.59. The second-order valence-electron chi connectivity index (χ2n) is 4.43. The lowest BCUT2D eigenvalue weighted by Gasteiger charge is -2.11. The highest BCUT2D eigenvalue weighted by Crippen LogP contribution is 2.24. The first-order valence-corrected chi connectivity index (χ1v) is 7.51. The number of hydrogen-bond acceptors (Lipinski definition) is 5. The van der Waals surface area contributed by atoms with E-state index < -0.39 is 0 Å². The molecule has 0 saturated heterocycles. The van der Waals surface area contributed by atoms with Gasteiger partial charge in [-0.05, 0) is 11.8 Å². The Morgan fingerprint density at radius 2 is 2.05 bits per heavy atom. The minimum Gasteiger partial charge on any atom is -0.366 e. The number of anilines is 1. The van der Waals surface area contributed by atoms with Crippen LogP contribution in [0.3, 0.4) is 0 Å². The molecule has 19 heavy (non-hydrogen) atoms. The zero-order chi connectivity index (χ0) is 13.1. The van der Waals surface area contributed by atoms with Crippen molar-refractivity contribution in [1.29, 1.82) is 0 Å². The van der Waals surface area contributed by atoms with E-state index in [1.807, 2.05) is 12.3 Å². The molecule has 0 fully saturated rings. The molecule has 0 radical (unpaired) electrons. The van der Waals surface area contributed by atoms with Gasteiger partial charge in [0.15, 0.2) is 5.16 Å². The summed E-state index contributed by atoms with van der Waals surface area (Å²) in [5.41, 5.74) is 3.58. The molecular weight excluding hydrogens is 256 g/mol. The van der Waals surface area contributed by atoms with Crippen molar-refractivity contribution >= 4 is 17.6 Å². The van der Waals surface area contributed by atoms with Crippen LogP contribution in [0.25, 0.3) is 0 Å². The van der Waals surface area contributed by atoms with Gasteiger partial charge < -0.3 is 10.6 Å². The highest BCUT2D eigenvalue weighted by atomic mass is 32.2. The normalized spacial score (nSPS) is 13.3. The predicted molar refractivity (Wildman–Crippen MR) is 78.1 cm³/mol. The van der Waals surface area contributed by atoms with Crippen LogP contribution in [-0.4, -0.2) is 16.2 Å². The summed E-state index contributed by atoms with van der Waals surface area (Å²) in [5, 5.41) is 7.59. The van der Waals surface area contributed by atoms with Crippen LogP contribution in [0.5, 0.6) is 0 Å². The van der Waals surface area contributed by atoms with Crippen LogP contribution in [0.15, 0.2) is 35.5 Å². The summed E-state index contributed by atoms with van der Waals surface area (Å²) in [6.45, 7) is 2.48. The Morgan fingerprint density at radius 3 is 2.84 bits per heavy atom. The Labute approximate surface area is 117 Å². The molecule has 1 aliphatic heterocycles. The maximum Gasteiger partial charge on any atom is 0.189 e. The molecule has 98 valence electrons. The zero-order valence-corrected chi connectivity index (χ0v) is 11.6. The average Bonchev–Trinajstić information content (AvgIpc) is 2.94. The van der Waals surface area contributed by atoms with Crippen molar-refractivity contribution in [2.45, 2.75) is 24.8 Å². The lowest BCUT2D eigenvalue weighted by atomic mass is 10.2. The molecule has 1 aromatic heterocycles.